The molecule has 1 heterocycles. The number of phenols is 1. The van der Waals surface area contributed by atoms with Gasteiger partial charge in [-0.25, -0.2) is 21.8 Å². The number of anilines is 2. The van der Waals surface area contributed by atoms with Gasteiger partial charge in [-0.1, -0.05) is 17.7 Å². The molecule has 0 unspecified atom stereocenters. The van der Waals surface area contributed by atoms with E-state index in [1.807, 2.05) is 0 Å². The standard InChI is InChI=1S/C14H11ClFN3O6S2/c15-8-2-1-3-10(4-8)26(22,23)17-9-5-11(16)14(12(20)6-9)19-7-13(21)18-27(19,24)25/h1-6,17,20H,7H2,(H,18,21). The van der Waals surface area contributed by atoms with E-state index in [-0.39, 0.29) is 15.6 Å². The number of amides is 1. The molecule has 0 bridgehead atoms. The first kappa shape index (κ1) is 19.2. The number of nitrogens with one attached hydrogen (secondary N) is 2. The van der Waals surface area contributed by atoms with Crippen LogP contribution in [-0.4, -0.2) is 34.4 Å². The number of sulfonamides is 1. The molecule has 0 saturated carbocycles. The van der Waals surface area contributed by atoms with Gasteiger partial charge in [-0.2, -0.15) is 8.42 Å². The number of hydrogen-bond donors (Lipinski definition) is 3. The van der Waals surface area contributed by atoms with E-state index in [9.17, 15) is 31.1 Å². The smallest absolute Gasteiger partial charge is 0.326 e. The summed E-state index contributed by atoms with van der Waals surface area (Å²) in [5.41, 5.74) is -1.14. The zero-order valence-corrected chi connectivity index (χ0v) is 15.6. The van der Waals surface area contributed by atoms with Crippen LogP contribution >= 0.6 is 11.6 Å². The van der Waals surface area contributed by atoms with Crippen molar-refractivity contribution in [3.8, 4) is 5.75 Å². The van der Waals surface area contributed by atoms with E-state index in [0.29, 0.717) is 10.4 Å². The second kappa shape index (κ2) is 6.55. The Balaban J connectivity index is 1.97. The maximum atomic E-state index is 14.4. The topological polar surface area (TPSA) is 133 Å². The Morgan fingerprint density at radius 2 is 1.96 bits per heavy atom. The van der Waals surface area contributed by atoms with Crippen LogP contribution in [0.2, 0.25) is 5.02 Å². The highest BCUT2D eigenvalue weighted by Gasteiger charge is 2.37. The lowest BCUT2D eigenvalue weighted by molar-refractivity contribution is -0.117. The molecule has 0 aromatic heterocycles. The van der Waals surface area contributed by atoms with Crippen molar-refractivity contribution in [1.82, 2.24) is 4.72 Å². The monoisotopic (exact) mass is 435 g/mol. The molecule has 1 aliphatic heterocycles. The Bertz CT molecular complexity index is 1130. The van der Waals surface area contributed by atoms with Gasteiger partial charge in [0.2, 0.25) is 0 Å². The molecule has 27 heavy (non-hydrogen) atoms. The third kappa shape index (κ3) is 3.77. The number of halogens is 2. The highest BCUT2D eigenvalue weighted by molar-refractivity contribution is 7.92. The van der Waals surface area contributed by atoms with E-state index in [1.54, 1.807) is 4.72 Å². The molecule has 0 aliphatic carbocycles. The molecule has 0 radical (unpaired) electrons. The number of phenolic OH excluding ortho intramolecular Hbond substituents is 1. The van der Waals surface area contributed by atoms with Crippen molar-refractivity contribution in [2.24, 2.45) is 0 Å². The average Bonchev–Trinajstić information content (AvgIpc) is 2.78. The van der Waals surface area contributed by atoms with Crippen LogP contribution in [0.4, 0.5) is 15.8 Å². The fourth-order valence-corrected chi connectivity index (χ4v) is 4.90. The van der Waals surface area contributed by atoms with Gasteiger partial charge in [-0.3, -0.25) is 9.52 Å². The number of carbonyl (C=O) groups is 1. The molecule has 2 aromatic carbocycles. The predicted molar refractivity (Wildman–Crippen MR) is 94.7 cm³/mol. The quantitative estimate of drug-likeness (QED) is 0.660. The molecule has 1 fully saturated rings. The summed E-state index contributed by atoms with van der Waals surface area (Å²) in [5, 5.41) is 10.2. The molecule has 1 saturated heterocycles. The summed E-state index contributed by atoms with van der Waals surface area (Å²) in [4.78, 5) is 11.1. The lowest BCUT2D eigenvalue weighted by Crippen LogP contribution is -2.30. The molecule has 1 aliphatic rings. The Morgan fingerprint density at radius 1 is 1.26 bits per heavy atom. The molecule has 144 valence electrons. The van der Waals surface area contributed by atoms with Crippen molar-refractivity contribution < 1.29 is 31.1 Å². The molecule has 1 amide bonds. The van der Waals surface area contributed by atoms with Crippen molar-refractivity contribution in [3.05, 3.63) is 47.2 Å². The Morgan fingerprint density at radius 3 is 2.52 bits per heavy atom. The Hall–Kier alpha value is -2.57. The highest BCUT2D eigenvalue weighted by Crippen LogP contribution is 2.36. The van der Waals surface area contributed by atoms with Gasteiger partial charge in [-0.15, -0.1) is 0 Å². The first-order valence-electron chi connectivity index (χ1n) is 7.14. The van der Waals surface area contributed by atoms with Crippen LogP contribution in [0.15, 0.2) is 41.3 Å². The van der Waals surface area contributed by atoms with Gasteiger partial charge in [0.25, 0.3) is 15.9 Å². The van der Waals surface area contributed by atoms with E-state index < -0.39 is 49.9 Å². The maximum Gasteiger partial charge on any atom is 0.326 e. The summed E-state index contributed by atoms with van der Waals surface area (Å²) < 4.78 is 66.7. The van der Waals surface area contributed by atoms with Gasteiger partial charge in [-0.05, 0) is 18.2 Å². The van der Waals surface area contributed by atoms with Crippen molar-refractivity contribution in [1.29, 1.82) is 0 Å². The van der Waals surface area contributed by atoms with Crippen molar-refractivity contribution >= 4 is 49.1 Å². The summed E-state index contributed by atoms with van der Waals surface area (Å²) in [6.45, 7) is -0.722. The van der Waals surface area contributed by atoms with E-state index in [0.717, 1.165) is 6.07 Å². The Kier molecular flexibility index (Phi) is 4.66. The van der Waals surface area contributed by atoms with E-state index in [4.69, 9.17) is 11.6 Å². The first-order chi connectivity index (χ1) is 12.5. The van der Waals surface area contributed by atoms with Gasteiger partial charge < -0.3 is 5.11 Å². The summed E-state index contributed by atoms with van der Waals surface area (Å²) in [5.74, 6) is -3.03. The second-order valence-corrected chi connectivity index (χ2v) is 9.14. The van der Waals surface area contributed by atoms with Crippen LogP contribution in [0.25, 0.3) is 0 Å². The number of nitrogens with zero attached hydrogens (tertiary/aromatic N) is 1. The minimum Gasteiger partial charge on any atom is -0.506 e. The van der Waals surface area contributed by atoms with Crippen LogP contribution < -0.4 is 13.7 Å². The SMILES string of the molecule is O=C1CN(c2c(O)cc(NS(=O)(=O)c3cccc(Cl)c3)cc2F)S(=O)(=O)N1. The fraction of sp³-hybridized carbons (Fsp3) is 0.0714. The van der Waals surface area contributed by atoms with Gasteiger partial charge in [0.05, 0.1) is 10.6 Å². The highest BCUT2D eigenvalue weighted by atomic mass is 35.5. The minimum absolute atomic E-state index is 0.165. The van der Waals surface area contributed by atoms with Crippen LogP contribution in [0.3, 0.4) is 0 Å². The molecule has 3 N–H and O–H groups in total. The van der Waals surface area contributed by atoms with Crippen molar-refractivity contribution in [2.75, 3.05) is 15.6 Å². The zero-order chi connectivity index (χ0) is 20.0. The van der Waals surface area contributed by atoms with Crippen LogP contribution in [0.5, 0.6) is 5.75 Å². The molecule has 0 spiro atoms. The summed E-state index contributed by atoms with van der Waals surface area (Å²) in [6.07, 6.45) is 0. The van der Waals surface area contributed by atoms with Crippen LogP contribution in [-0.2, 0) is 25.0 Å². The molecular formula is C14H11ClFN3O6S2. The van der Waals surface area contributed by atoms with Crippen LogP contribution in [0.1, 0.15) is 0 Å². The predicted octanol–water partition coefficient (Wildman–Crippen LogP) is 1.17. The van der Waals surface area contributed by atoms with E-state index in [1.165, 1.54) is 24.3 Å². The van der Waals surface area contributed by atoms with Gasteiger partial charge in [0.1, 0.15) is 18.0 Å². The molecule has 13 heteroatoms. The largest absolute Gasteiger partial charge is 0.506 e. The van der Waals surface area contributed by atoms with E-state index in [2.05, 4.69) is 4.72 Å². The maximum absolute atomic E-state index is 14.4. The zero-order valence-electron chi connectivity index (χ0n) is 13.2. The molecule has 9 nitrogen and oxygen atoms in total. The number of rotatable bonds is 4. The summed E-state index contributed by atoms with van der Waals surface area (Å²) in [7, 11) is -8.49. The molecule has 2 aromatic rings. The Labute approximate surface area is 158 Å². The second-order valence-electron chi connectivity index (χ2n) is 5.43. The molecular weight excluding hydrogens is 425 g/mol. The van der Waals surface area contributed by atoms with Crippen molar-refractivity contribution in [2.45, 2.75) is 4.90 Å². The van der Waals surface area contributed by atoms with Gasteiger partial charge in [0, 0.05) is 17.2 Å². The van der Waals surface area contributed by atoms with Gasteiger partial charge in [0.15, 0.2) is 5.82 Å². The number of aromatic hydroxyl groups is 1. The third-order valence-electron chi connectivity index (χ3n) is 3.47. The fourth-order valence-electron chi connectivity index (χ4n) is 2.38. The van der Waals surface area contributed by atoms with Gasteiger partial charge >= 0.3 is 10.2 Å². The molecule has 3 rings (SSSR count). The lowest BCUT2D eigenvalue weighted by atomic mass is 10.2. The number of carbonyl (C=O) groups excluding carboxylic acids is 1. The van der Waals surface area contributed by atoms with E-state index >= 15 is 0 Å². The summed E-state index contributed by atoms with van der Waals surface area (Å²) in [6, 6.07) is 6.79. The van der Waals surface area contributed by atoms with Crippen LogP contribution in [0, 0.1) is 5.82 Å². The normalized spacial score (nSPS) is 16.2. The third-order valence-corrected chi connectivity index (χ3v) is 6.46. The number of hydrogen-bond acceptors (Lipinski definition) is 6. The van der Waals surface area contributed by atoms with Crippen molar-refractivity contribution in [3.63, 3.8) is 0 Å². The average molecular weight is 436 g/mol. The minimum atomic E-state index is -4.35. The first-order valence-corrected chi connectivity index (χ1v) is 10.4. The number of benzene rings is 2. The lowest BCUT2D eigenvalue weighted by Gasteiger charge is -2.18. The summed E-state index contributed by atoms with van der Waals surface area (Å²) >= 11 is 5.75. The molecule has 0 atom stereocenters.